The first-order valence-corrected chi connectivity index (χ1v) is 6.88. The van der Waals surface area contributed by atoms with E-state index in [9.17, 15) is 0 Å². The first kappa shape index (κ1) is 13.3. The van der Waals surface area contributed by atoms with Crippen LogP contribution < -0.4 is 5.32 Å². The Bertz CT molecular complexity index is 349. The summed E-state index contributed by atoms with van der Waals surface area (Å²) in [6, 6.07) is 6.21. The minimum atomic E-state index is 0.841. The topological polar surface area (TPSA) is 37.4 Å². The lowest BCUT2D eigenvalue weighted by Crippen LogP contribution is -2.26. The number of ether oxygens (including phenoxy) is 1. The first-order valence-electron chi connectivity index (χ1n) is 6.88. The molecule has 1 aliphatic heterocycles. The average Bonchev–Trinajstić information content (AvgIpc) is 2.65. The highest BCUT2D eigenvalue weighted by Crippen LogP contribution is 2.09. The molecule has 0 aliphatic carbocycles. The van der Waals surface area contributed by atoms with E-state index in [0.717, 1.165) is 63.7 Å². The Kier molecular flexibility index (Phi) is 5.42. The molecule has 1 aromatic heterocycles. The van der Waals surface area contributed by atoms with E-state index in [1.165, 1.54) is 0 Å². The maximum absolute atomic E-state index is 5.46. The Labute approximate surface area is 109 Å². The fraction of sp³-hybridized carbons (Fsp3) is 0.643. The number of pyridine rings is 1. The van der Waals surface area contributed by atoms with Gasteiger partial charge in [-0.25, -0.2) is 4.98 Å². The van der Waals surface area contributed by atoms with Crippen LogP contribution in [-0.2, 0) is 11.3 Å². The highest BCUT2D eigenvalue weighted by atomic mass is 16.5. The summed E-state index contributed by atoms with van der Waals surface area (Å²) in [5.74, 6) is 0.987. The van der Waals surface area contributed by atoms with Gasteiger partial charge in [-0.1, -0.05) is 13.0 Å². The number of nitrogens with zero attached hydrogens (tertiary/aromatic N) is 2. The molecule has 1 aromatic rings. The second kappa shape index (κ2) is 7.34. The summed E-state index contributed by atoms with van der Waals surface area (Å²) in [5, 5.41) is 3.33. The summed E-state index contributed by atoms with van der Waals surface area (Å²) >= 11 is 0. The van der Waals surface area contributed by atoms with Crippen LogP contribution in [0, 0.1) is 0 Å². The van der Waals surface area contributed by atoms with E-state index >= 15 is 0 Å². The van der Waals surface area contributed by atoms with Gasteiger partial charge in [0.25, 0.3) is 0 Å². The largest absolute Gasteiger partial charge is 0.380 e. The van der Waals surface area contributed by atoms with Crippen LogP contribution in [-0.4, -0.2) is 42.7 Å². The SMILES string of the molecule is CCCNc1cccc(CN2CCCOCC2)n1. The molecule has 1 N–H and O–H groups in total. The Hall–Kier alpha value is -1.13. The lowest BCUT2D eigenvalue weighted by molar-refractivity contribution is 0.140. The zero-order valence-corrected chi connectivity index (χ0v) is 11.2. The molecule has 0 unspecified atom stereocenters. The van der Waals surface area contributed by atoms with Gasteiger partial charge in [-0.2, -0.15) is 0 Å². The third-order valence-corrected chi connectivity index (χ3v) is 3.06. The van der Waals surface area contributed by atoms with Crippen LogP contribution in [0.2, 0.25) is 0 Å². The van der Waals surface area contributed by atoms with Gasteiger partial charge >= 0.3 is 0 Å². The van der Waals surface area contributed by atoms with E-state index in [2.05, 4.69) is 34.3 Å². The minimum Gasteiger partial charge on any atom is -0.380 e. The molecule has 4 heteroatoms. The van der Waals surface area contributed by atoms with Gasteiger partial charge in [0.1, 0.15) is 5.82 Å². The average molecular weight is 249 g/mol. The first-order chi connectivity index (χ1) is 8.88. The van der Waals surface area contributed by atoms with Crippen LogP contribution in [0.1, 0.15) is 25.5 Å². The van der Waals surface area contributed by atoms with E-state index in [0.29, 0.717) is 0 Å². The predicted octanol–water partition coefficient (Wildman–Crippen LogP) is 2.13. The molecule has 0 aromatic carbocycles. The molecule has 0 saturated carbocycles. The molecule has 100 valence electrons. The van der Waals surface area contributed by atoms with Crippen molar-refractivity contribution in [3.63, 3.8) is 0 Å². The fourth-order valence-corrected chi connectivity index (χ4v) is 2.10. The summed E-state index contributed by atoms with van der Waals surface area (Å²) in [6.07, 6.45) is 2.24. The number of nitrogens with one attached hydrogen (secondary N) is 1. The summed E-state index contributed by atoms with van der Waals surface area (Å²) in [7, 11) is 0. The monoisotopic (exact) mass is 249 g/mol. The highest BCUT2D eigenvalue weighted by molar-refractivity contribution is 5.35. The zero-order valence-electron chi connectivity index (χ0n) is 11.2. The molecule has 2 heterocycles. The standard InChI is InChI=1S/C14H23N3O/c1-2-7-15-14-6-3-5-13(16-14)12-17-8-4-10-18-11-9-17/h3,5-6H,2,4,7-12H2,1H3,(H,15,16). The van der Waals surface area contributed by atoms with Gasteiger partial charge in [0.05, 0.1) is 12.3 Å². The van der Waals surface area contributed by atoms with Gasteiger partial charge in [-0.3, -0.25) is 4.90 Å². The molecular formula is C14H23N3O. The summed E-state index contributed by atoms with van der Waals surface area (Å²) in [4.78, 5) is 7.06. The minimum absolute atomic E-state index is 0.841. The molecule has 0 radical (unpaired) electrons. The van der Waals surface area contributed by atoms with Crippen LogP contribution in [0.4, 0.5) is 5.82 Å². The van der Waals surface area contributed by atoms with E-state index in [1.54, 1.807) is 0 Å². The normalized spacial score (nSPS) is 17.4. The van der Waals surface area contributed by atoms with E-state index in [-0.39, 0.29) is 0 Å². The van der Waals surface area contributed by atoms with Crippen molar-refractivity contribution >= 4 is 5.82 Å². The molecule has 2 rings (SSSR count). The Balaban J connectivity index is 1.91. The molecule has 18 heavy (non-hydrogen) atoms. The molecular weight excluding hydrogens is 226 g/mol. The fourth-order valence-electron chi connectivity index (χ4n) is 2.10. The van der Waals surface area contributed by atoms with Crippen molar-refractivity contribution < 1.29 is 4.74 Å². The Morgan fingerprint density at radius 2 is 2.28 bits per heavy atom. The van der Waals surface area contributed by atoms with Gasteiger partial charge in [-0.05, 0) is 25.0 Å². The Morgan fingerprint density at radius 1 is 1.33 bits per heavy atom. The van der Waals surface area contributed by atoms with Crippen LogP contribution >= 0.6 is 0 Å². The number of rotatable bonds is 5. The predicted molar refractivity (Wildman–Crippen MR) is 73.7 cm³/mol. The molecule has 4 nitrogen and oxygen atoms in total. The van der Waals surface area contributed by atoms with Crippen molar-refractivity contribution in [2.75, 3.05) is 38.2 Å². The highest BCUT2D eigenvalue weighted by Gasteiger charge is 2.10. The van der Waals surface area contributed by atoms with Crippen molar-refractivity contribution in [2.45, 2.75) is 26.3 Å². The maximum atomic E-state index is 5.46. The zero-order chi connectivity index (χ0) is 12.6. The maximum Gasteiger partial charge on any atom is 0.126 e. The van der Waals surface area contributed by atoms with E-state index in [1.807, 2.05) is 6.07 Å². The van der Waals surface area contributed by atoms with E-state index in [4.69, 9.17) is 4.74 Å². The summed E-state index contributed by atoms with van der Waals surface area (Å²) in [6.45, 7) is 7.91. The van der Waals surface area contributed by atoms with Gasteiger partial charge < -0.3 is 10.1 Å². The van der Waals surface area contributed by atoms with Crippen LogP contribution in [0.5, 0.6) is 0 Å². The summed E-state index contributed by atoms with van der Waals surface area (Å²) < 4.78 is 5.46. The van der Waals surface area contributed by atoms with Gasteiger partial charge in [0, 0.05) is 32.8 Å². The number of aromatic nitrogens is 1. The van der Waals surface area contributed by atoms with Crippen molar-refractivity contribution in [3.8, 4) is 0 Å². The van der Waals surface area contributed by atoms with Crippen molar-refractivity contribution in [1.29, 1.82) is 0 Å². The molecule has 0 spiro atoms. The smallest absolute Gasteiger partial charge is 0.126 e. The molecule has 0 atom stereocenters. The third-order valence-electron chi connectivity index (χ3n) is 3.06. The van der Waals surface area contributed by atoms with Gasteiger partial charge in [0.2, 0.25) is 0 Å². The van der Waals surface area contributed by atoms with Gasteiger partial charge in [-0.15, -0.1) is 0 Å². The number of hydrogen-bond acceptors (Lipinski definition) is 4. The molecule has 0 bridgehead atoms. The molecule has 1 saturated heterocycles. The third kappa shape index (κ3) is 4.27. The second-order valence-electron chi connectivity index (χ2n) is 4.68. The van der Waals surface area contributed by atoms with Crippen LogP contribution in [0.15, 0.2) is 18.2 Å². The van der Waals surface area contributed by atoms with Crippen molar-refractivity contribution in [3.05, 3.63) is 23.9 Å². The number of anilines is 1. The molecule has 1 aliphatic rings. The number of hydrogen-bond donors (Lipinski definition) is 1. The van der Waals surface area contributed by atoms with E-state index < -0.39 is 0 Å². The summed E-state index contributed by atoms with van der Waals surface area (Å²) in [5.41, 5.74) is 1.14. The lowest BCUT2D eigenvalue weighted by atomic mass is 10.3. The Morgan fingerprint density at radius 3 is 3.17 bits per heavy atom. The molecule has 0 amide bonds. The van der Waals surface area contributed by atoms with Gasteiger partial charge in [0.15, 0.2) is 0 Å². The van der Waals surface area contributed by atoms with Crippen molar-refractivity contribution in [1.82, 2.24) is 9.88 Å². The van der Waals surface area contributed by atoms with Crippen LogP contribution in [0.3, 0.4) is 0 Å². The van der Waals surface area contributed by atoms with Crippen molar-refractivity contribution in [2.24, 2.45) is 0 Å². The van der Waals surface area contributed by atoms with Crippen LogP contribution in [0.25, 0.3) is 0 Å². The lowest BCUT2D eigenvalue weighted by Gasteiger charge is -2.18. The second-order valence-corrected chi connectivity index (χ2v) is 4.68. The quantitative estimate of drug-likeness (QED) is 0.867. The molecule has 1 fully saturated rings.